The molecule has 0 aromatic carbocycles. The predicted molar refractivity (Wildman–Crippen MR) is 95.5 cm³/mol. The molecule has 138 valence electrons. The largest absolute Gasteiger partial charge is 0.288 e. The summed E-state index contributed by atoms with van der Waals surface area (Å²) in [4.78, 5) is 2.18. The SMILES string of the molecule is CCCCCCCCCCCCC1N(C)CCN1OS(C)(=O)=O. The summed E-state index contributed by atoms with van der Waals surface area (Å²) >= 11 is 0. The summed E-state index contributed by atoms with van der Waals surface area (Å²) in [5.74, 6) is 0. The fraction of sp³-hybridized carbons (Fsp3) is 1.00. The summed E-state index contributed by atoms with van der Waals surface area (Å²) in [7, 11) is -1.38. The molecule has 1 aliphatic heterocycles. The molecule has 0 bridgehead atoms. The first-order chi connectivity index (χ1) is 10.9. The van der Waals surface area contributed by atoms with E-state index in [0.717, 1.165) is 25.6 Å². The lowest BCUT2D eigenvalue weighted by Crippen LogP contribution is -2.38. The zero-order chi connectivity index (χ0) is 17.1. The maximum Gasteiger partial charge on any atom is 0.280 e. The van der Waals surface area contributed by atoms with Gasteiger partial charge in [-0.1, -0.05) is 71.1 Å². The topological polar surface area (TPSA) is 49.9 Å². The predicted octanol–water partition coefficient (Wildman–Crippen LogP) is 3.76. The number of hydrogen-bond acceptors (Lipinski definition) is 5. The van der Waals surface area contributed by atoms with E-state index in [1.54, 1.807) is 5.06 Å². The number of nitrogens with zero attached hydrogens (tertiary/aromatic N) is 2. The Kier molecular flexibility index (Phi) is 10.3. The average molecular weight is 349 g/mol. The van der Waals surface area contributed by atoms with E-state index in [1.807, 2.05) is 7.05 Å². The first-order valence-corrected chi connectivity index (χ1v) is 11.1. The van der Waals surface area contributed by atoms with Gasteiger partial charge < -0.3 is 0 Å². The van der Waals surface area contributed by atoms with E-state index in [1.165, 1.54) is 57.8 Å². The van der Waals surface area contributed by atoms with E-state index in [4.69, 9.17) is 4.28 Å². The summed E-state index contributed by atoms with van der Waals surface area (Å²) in [5.41, 5.74) is 0. The Morgan fingerprint density at radius 2 is 1.43 bits per heavy atom. The third-order valence-electron chi connectivity index (χ3n) is 4.56. The van der Waals surface area contributed by atoms with E-state index in [-0.39, 0.29) is 6.17 Å². The maximum atomic E-state index is 11.3. The van der Waals surface area contributed by atoms with Gasteiger partial charge in [-0.25, -0.2) is 0 Å². The molecular formula is C17H36N2O3S. The monoisotopic (exact) mass is 348 g/mol. The molecule has 23 heavy (non-hydrogen) atoms. The average Bonchev–Trinajstić information content (AvgIpc) is 2.80. The van der Waals surface area contributed by atoms with E-state index in [9.17, 15) is 8.42 Å². The molecule has 0 aromatic rings. The van der Waals surface area contributed by atoms with Crippen molar-refractivity contribution < 1.29 is 12.7 Å². The Balaban J connectivity index is 2.07. The quantitative estimate of drug-likeness (QED) is 0.474. The van der Waals surface area contributed by atoms with Crippen molar-refractivity contribution in [3.63, 3.8) is 0 Å². The number of unbranched alkanes of at least 4 members (excludes halogenated alkanes) is 9. The highest BCUT2D eigenvalue weighted by Crippen LogP contribution is 2.20. The van der Waals surface area contributed by atoms with Gasteiger partial charge in [-0.3, -0.25) is 4.90 Å². The summed E-state index contributed by atoms with van der Waals surface area (Å²) in [6.07, 6.45) is 15.4. The molecule has 6 heteroatoms. The van der Waals surface area contributed by atoms with Crippen LogP contribution in [0.25, 0.3) is 0 Å². The van der Waals surface area contributed by atoms with Gasteiger partial charge in [0.15, 0.2) is 0 Å². The van der Waals surface area contributed by atoms with Gasteiger partial charge >= 0.3 is 0 Å². The smallest absolute Gasteiger partial charge is 0.280 e. The van der Waals surface area contributed by atoms with Crippen LogP contribution in [0.15, 0.2) is 0 Å². The first-order valence-electron chi connectivity index (χ1n) is 9.30. The minimum Gasteiger partial charge on any atom is -0.288 e. The van der Waals surface area contributed by atoms with Gasteiger partial charge in [0, 0.05) is 13.1 Å². The Labute approximate surface area is 143 Å². The number of rotatable bonds is 13. The van der Waals surface area contributed by atoms with Crippen LogP contribution in [-0.4, -0.2) is 50.9 Å². The molecule has 1 aliphatic rings. The molecule has 1 unspecified atom stereocenters. The van der Waals surface area contributed by atoms with Gasteiger partial charge in [-0.05, 0) is 13.5 Å². The van der Waals surface area contributed by atoms with Gasteiger partial charge in [-0.15, -0.1) is 0 Å². The molecule has 1 atom stereocenters. The molecule has 0 saturated carbocycles. The van der Waals surface area contributed by atoms with Gasteiger partial charge in [-0.2, -0.15) is 17.8 Å². The minimum atomic E-state index is -3.42. The van der Waals surface area contributed by atoms with Crippen LogP contribution >= 0.6 is 0 Å². The summed E-state index contributed by atoms with van der Waals surface area (Å²) in [5, 5.41) is 1.63. The summed E-state index contributed by atoms with van der Waals surface area (Å²) in [6, 6.07) is 0. The number of likely N-dealkylation sites (N-methyl/N-ethyl adjacent to an activating group) is 1. The van der Waals surface area contributed by atoms with Crippen molar-refractivity contribution in [3.8, 4) is 0 Å². The van der Waals surface area contributed by atoms with Crippen molar-refractivity contribution in [3.05, 3.63) is 0 Å². The zero-order valence-electron chi connectivity index (χ0n) is 15.3. The Bertz CT molecular complexity index is 401. The van der Waals surface area contributed by atoms with Crippen molar-refractivity contribution in [1.29, 1.82) is 0 Å². The molecule has 1 heterocycles. The molecule has 0 amide bonds. The van der Waals surface area contributed by atoms with Crippen LogP contribution in [0.1, 0.15) is 77.6 Å². The maximum absolute atomic E-state index is 11.3. The van der Waals surface area contributed by atoms with Crippen LogP contribution in [0.3, 0.4) is 0 Å². The first kappa shape index (κ1) is 20.9. The molecule has 1 fully saturated rings. The second-order valence-corrected chi connectivity index (χ2v) is 8.41. The normalized spacial score (nSPS) is 20.4. The third-order valence-corrected chi connectivity index (χ3v) is 5.02. The van der Waals surface area contributed by atoms with E-state index in [2.05, 4.69) is 11.8 Å². The van der Waals surface area contributed by atoms with E-state index < -0.39 is 10.1 Å². The minimum absolute atomic E-state index is 0.0961. The van der Waals surface area contributed by atoms with Gasteiger partial charge in [0.05, 0.1) is 12.4 Å². The fourth-order valence-corrected chi connectivity index (χ4v) is 3.74. The molecule has 0 N–H and O–H groups in total. The van der Waals surface area contributed by atoms with Crippen LogP contribution in [0.5, 0.6) is 0 Å². The lowest BCUT2D eigenvalue weighted by atomic mass is 10.1. The second kappa shape index (κ2) is 11.4. The van der Waals surface area contributed by atoms with Crippen molar-refractivity contribution in [2.45, 2.75) is 83.7 Å². The highest BCUT2D eigenvalue weighted by atomic mass is 32.2. The van der Waals surface area contributed by atoms with Gasteiger partial charge in [0.1, 0.15) is 0 Å². The van der Waals surface area contributed by atoms with Crippen LogP contribution in [-0.2, 0) is 14.4 Å². The van der Waals surface area contributed by atoms with Crippen molar-refractivity contribution in [2.24, 2.45) is 0 Å². The second-order valence-electron chi connectivity index (χ2n) is 6.85. The molecule has 1 saturated heterocycles. The molecule has 0 aromatic heterocycles. The summed E-state index contributed by atoms with van der Waals surface area (Å²) < 4.78 is 27.7. The molecule has 1 rings (SSSR count). The Hall–Kier alpha value is -0.170. The van der Waals surface area contributed by atoms with Crippen molar-refractivity contribution in [1.82, 2.24) is 9.96 Å². The lowest BCUT2D eigenvalue weighted by Gasteiger charge is -2.26. The van der Waals surface area contributed by atoms with Crippen molar-refractivity contribution >= 4 is 10.1 Å². The summed E-state index contributed by atoms with van der Waals surface area (Å²) in [6.45, 7) is 3.77. The fourth-order valence-electron chi connectivity index (χ4n) is 3.21. The van der Waals surface area contributed by atoms with Crippen molar-refractivity contribution in [2.75, 3.05) is 26.4 Å². The molecule has 5 nitrogen and oxygen atoms in total. The van der Waals surface area contributed by atoms with Gasteiger partial charge in [0.2, 0.25) is 0 Å². The highest BCUT2D eigenvalue weighted by Gasteiger charge is 2.31. The van der Waals surface area contributed by atoms with Crippen LogP contribution in [0.4, 0.5) is 0 Å². The Morgan fingerprint density at radius 1 is 0.913 bits per heavy atom. The van der Waals surface area contributed by atoms with Crippen LogP contribution in [0, 0.1) is 0 Å². The highest BCUT2D eigenvalue weighted by molar-refractivity contribution is 7.85. The Morgan fingerprint density at radius 3 is 1.96 bits per heavy atom. The number of hydroxylamine groups is 2. The third kappa shape index (κ3) is 9.65. The van der Waals surface area contributed by atoms with Crippen LogP contribution in [0.2, 0.25) is 0 Å². The van der Waals surface area contributed by atoms with Gasteiger partial charge in [0.25, 0.3) is 10.1 Å². The lowest BCUT2D eigenvalue weighted by molar-refractivity contribution is -0.0886. The molecular weight excluding hydrogens is 312 g/mol. The molecule has 0 radical (unpaired) electrons. The zero-order valence-corrected chi connectivity index (χ0v) is 16.1. The number of hydrogen-bond donors (Lipinski definition) is 0. The van der Waals surface area contributed by atoms with E-state index >= 15 is 0 Å². The van der Waals surface area contributed by atoms with E-state index in [0.29, 0.717) is 6.54 Å². The molecule has 0 aliphatic carbocycles. The molecule has 0 spiro atoms. The van der Waals surface area contributed by atoms with Crippen LogP contribution < -0.4 is 0 Å². The standard InChI is InChI=1S/C17H36N2O3S/c1-4-5-6-7-8-9-10-11-12-13-14-17-18(2)15-16-19(17)22-23(3,20)21/h17H,4-16H2,1-3H3.